The summed E-state index contributed by atoms with van der Waals surface area (Å²) >= 11 is 1.49. The van der Waals surface area contributed by atoms with Gasteiger partial charge in [-0.15, -0.1) is 11.8 Å². The summed E-state index contributed by atoms with van der Waals surface area (Å²) in [5.74, 6) is 0.675. The lowest BCUT2D eigenvalue weighted by Gasteiger charge is -2.17. The summed E-state index contributed by atoms with van der Waals surface area (Å²) in [5, 5.41) is 3.00. The number of benzene rings is 1. The van der Waals surface area contributed by atoms with Crippen molar-refractivity contribution in [2.24, 2.45) is 0 Å². The number of nitrogens with two attached hydrogens (primary N) is 1. The number of anilines is 2. The fourth-order valence-corrected chi connectivity index (χ4v) is 3.62. The van der Waals surface area contributed by atoms with Crippen LogP contribution in [-0.4, -0.2) is 41.0 Å². The van der Waals surface area contributed by atoms with Crippen LogP contribution in [0.4, 0.5) is 11.6 Å². The van der Waals surface area contributed by atoms with Crippen molar-refractivity contribution in [2.75, 3.05) is 23.6 Å². The zero-order chi connectivity index (χ0) is 18.5. The van der Waals surface area contributed by atoms with Crippen LogP contribution in [0.1, 0.15) is 11.3 Å². The standard InChI is InChI=1S/C18H19N5O2S/c1-23(9-12-3-2-4-13(19)7-12)18-20-6-5-14(22-18)8-16-17(15(25)10-24)21-11-26-16/h2-8,10,17,21H,9,11,19H2,1H3/b16-8-. The lowest BCUT2D eigenvalue weighted by molar-refractivity contribution is -0.130. The zero-order valence-electron chi connectivity index (χ0n) is 14.3. The molecular weight excluding hydrogens is 350 g/mol. The van der Waals surface area contributed by atoms with Gasteiger partial charge in [0.25, 0.3) is 0 Å². The summed E-state index contributed by atoms with van der Waals surface area (Å²) in [7, 11) is 1.90. The Morgan fingerprint density at radius 1 is 1.46 bits per heavy atom. The van der Waals surface area contributed by atoms with Gasteiger partial charge in [-0.25, -0.2) is 9.97 Å². The van der Waals surface area contributed by atoms with Crippen LogP contribution in [0.3, 0.4) is 0 Å². The van der Waals surface area contributed by atoms with Gasteiger partial charge in [0.05, 0.1) is 5.69 Å². The Bertz CT molecular complexity index is 855. The van der Waals surface area contributed by atoms with Crippen LogP contribution in [0.5, 0.6) is 0 Å². The molecule has 2 heterocycles. The summed E-state index contributed by atoms with van der Waals surface area (Å²) in [4.78, 5) is 34.0. The van der Waals surface area contributed by atoms with Gasteiger partial charge in [-0.05, 0) is 29.8 Å². The minimum Gasteiger partial charge on any atom is -0.399 e. The van der Waals surface area contributed by atoms with E-state index in [0.29, 0.717) is 36.0 Å². The number of rotatable bonds is 6. The van der Waals surface area contributed by atoms with Crippen LogP contribution in [0.15, 0.2) is 41.4 Å². The number of hydrogen-bond donors (Lipinski definition) is 2. The van der Waals surface area contributed by atoms with Gasteiger partial charge in [0.1, 0.15) is 6.04 Å². The van der Waals surface area contributed by atoms with Gasteiger partial charge in [-0.1, -0.05) is 12.1 Å². The third-order valence-electron chi connectivity index (χ3n) is 3.88. The van der Waals surface area contributed by atoms with E-state index in [1.54, 1.807) is 12.3 Å². The van der Waals surface area contributed by atoms with E-state index in [1.165, 1.54) is 11.8 Å². The van der Waals surface area contributed by atoms with Gasteiger partial charge in [-0.2, -0.15) is 0 Å². The third kappa shape index (κ3) is 4.27. The van der Waals surface area contributed by atoms with E-state index >= 15 is 0 Å². The molecule has 2 aromatic rings. The molecule has 3 N–H and O–H groups in total. The predicted octanol–water partition coefficient (Wildman–Crippen LogP) is 1.47. The van der Waals surface area contributed by atoms with E-state index in [1.807, 2.05) is 42.3 Å². The molecule has 1 aliphatic rings. The first-order chi connectivity index (χ1) is 12.6. The Kier molecular flexibility index (Phi) is 5.65. The maximum Gasteiger partial charge on any atom is 0.225 e. The first kappa shape index (κ1) is 18.1. The van der Waals surface area contributed by atoms with Crippen molar-refractivity contribution < 1.29 is 9.59 Å². The second-order valence-corrected chi connectivity index (χ2v) is 6.92. The van der Waals surface area contributed by atoms with Gasteiger partial charge in [-0.3, -0.25) is 14.9 Å². The normalized spacial score (nSPS) is 18.0. The molecule has 0 amide bonds. The average molecular weight is 369 g/mol. The predicted molar refractivity (Wildman–Crippen MR) is 103 cm³/mol. The molecule has 1 atom stereocenters. The molecule has 1 aromatic carbocycles. The molecule has 8 heteroatoms. The van der Waals surface area contributed by atoms with Crippen LogP contribution in [0.25, 0.3) is 6.08 Å². The maximum atomic E-state index is 11.7. The number of hydrogen-bond acceptors (Lipinski definition) is 8. The Morgan fingerprint density at radius 3 is 3.08 bits per heavy atom. The molecular formula is C18H19N5O2S. The number of aromatic nitrogens is 2. The first-order valence-electron chi connectivity index (χ1n) is 8.02. The van der Waals surface area contributed by atoms with E-state index < -0.39 is 11.8 Å². The van der Waals surface area contributed by atoms with E-state index in [9.17, 15) is 9.59 Å². The molecule has 0 spiro atoms. The van der Waals surface area contributed by atoms with Crippen molar-refractivity contribution in [2.45, 2.75) is 12.6 Å². The molecule has 26 heavy (non-hydrogen) atoms. The minimum absolute atomic E-state index is 0.349. The molecule has 1 fully saturated rings. The Morgan fingerprint density at radius 2 is 2.31 bits per heavy atom. The van der Waals surface area contributed by atoms with Gasteiger partial charge < -0.3 is 10.6 Å². The van der Waals surface area contributed by atoms with Crippen molar-refractivity contribution in [3.05, 3.63) is 52.7 Å². The van der Waals surface area contributed by atoms with Crippen molar-refractivity contribution in [3.63, 3.8) is 0 Å². The number of carbonyl (C=O) groups excluding carboxylic acids is 2. The van der Waals surface area contributed by atoms with E-state index in [-0.39, 0.29) is 0 Å². The molecule has 0 saturated carbocycles. The largest absolute Gasteiger partial charge is 0.399 e. The highest BCUT2D eigenvalue weighted by molar-refractivity contribution is 8.03. The molecule has 3 rings (SSSR count). The SMILES string of the molecule is CN(Cc1cccc(N)c1)c1nccc(/C=C2\SCNC2C(=O)C=O)n1. The molecule has 0 bridgehead atoms. The number of thioether (sulfide) groups is 1. The number of nitrogen functional groups attached to an aromatic ring is 1. The van der Waals surface area contributed by atoms with Crippen molar-refractivity contribution in [1.29, 1.82) is 0 Å². The average Bonchev–Trinajstić information content (AvgIpc) is 3.09. The summed E-state index contributed by atoms with van der Waals surface area (Å²) in [6, 6.07) is 8.85. The molecule has 134 valence electrons. The van der Waals surface area contributed by atoms with Crippen molar-refractivity contribution in [3.8, 4) is 0 Å². The number of ketones is 1. The van der Waals surface area contributed by atoms with Crippen molar-refractivity contribution in [1.82, 2.24) is 15.3 Å². The summed E-state index contributed by atoms with van der Waals surface area (Å²) < 4.78 is 0. The highest BCUT2D eigenvalue weighted by Crippen LogP contribution is 2.27. The minimum atomic E-state index is -0.582. The Hall–Kier alpha value is -2.71. The van der Waals surface area contributed by atoms with Crippen LogP contribution in [0.2, 0.25) is 0 Å². The number of nitrogens with one attached hydrogen (secondary N) is 1. The number of aldehydes is 1. The number of nitrogens with zero attached hydrogens (tertiary/aromatic N) is 3. The highest BCUT2D eigenvalue weighted by atomic mass is 32.2. The van der Waals surface area contributed by atoms with E-state index in [0.717, 1.165) is 10.5 Å². The lowest BCUT2D eigenvalue weighted by atomic mass is 10.1. The second-order valence-electron chi connectivity index (χ2n) is 5.88. The maximum absolute atomic E-state index is 11.7. The summed E-state index contributed by atoms with van der Waals surface area (Å²) in [5.41, 5.74) is 8.28. The Balaban J connectivity index is 1.78. The van der Waals surface area contributed by atoms with Crippen molar-refractivity contribution >= 4 is 41.5 Å². The van der Waals surface area contributed by atoms with Gasteiger partial charge in [0.15, 0.2) is 6.29 Å². The second kappa shape index (κ2) is 8.11. The van der Waals surface area contributed by atoms with Crippen LogP contribution in [0, 0.1) is 0 Å². The van der Waals surface area contributed by atoms with Crippen LogP contribution in [-0.2, 0) is 16.1 Å². The quantitative estimate of drug-likeness (QED) is 0.448. The Labute approximate surface area is 155 Å². The monoisotopic (exact) mass is 369 g/mol. The number of Topliss-reactive ketones (excluding diaryl/α,β-unsaturated/α-hetero) is 1. The highest BCUT2D eigenvalue weighted by Gasteiger charge is 2.27. The molecule has 0 radical (unpaired) electrons. The topological polar surface area (TPSA) is 101 Å². The first-order valence-corrected chi connectivity index (χ1v) is 9.01. The van der Waals surface area contributed by atoms with Crippen LogP contribution >= 0.6 is 11.8 Å². The number of carbonyl (C=O) groups is 2. The fourth-order valence-electron chi connectivity index (χ4n) is 2.63. The van der Waals surface area contributed by atoms with Gasteiger partial charge >= 0.3 is 0 Å². The molecule has 7 nitrogen and oxygen atoms in total. The zero-order valence-corrected chi connectivity index (χ0v) is 15.1. The lowest BCUT2D eigenvalue weighted by Crippen LogP contribution is -2.32. The summed E-state index contributed by atoms with van der Waals surface area (Å²) in [6.07, 6.45) is 3.84. The van der Waals surface area contributed by atoms with E-state index in [4.69, 9.17) is 5.73 Å². The third-order valence-corrected chi connectivity index (χ3v) is 4.88. The fraction of sp³-hybridized carbons (Fsp3) is 0.222. The summed E-state index contributed by atoms with van der Waals surface area (Å²) in [6.45, 7) is 0.619. The molecule has 1 aliphatic heterocycles. The molecule has 0 aliphatic carbocycles. The van der Waals surface area contributed by atoms with E-state index in [2.05, 4.69) is 15.3 Å². The molecule has 1 saturated heterocycles. The molecule has 1 aromatic heterocycles. The van der Waals surface area contributed by atoms with Gasteiger partial charge in [0, 0.05) is 36.3 Å². The van der Waals surface area contributed by atoms with Crippen LogP contribution < -0.4 is 16.0 Å². The molecule has 1 unspecified atom stereocenters. The smallest absolute Gasteiger partial charge is 0.225 e. The van der Waals surface area contributed by atoms with Gasteiger partial charge in [0.2, 0.25) is 11.7 Å².